The van der Waals surface area contributed by atoms with Gasteiger partial charge < -0.3 is 5.32 Å². The van der Waals surface area contributed by atoms with Crippen molar-refractivity contribution >= 4 is 0 Å². The van der Waals surface area contributed by atoms with Gasteiger partial charge in [-0.3, -0.25) is 0 Å². The van der Waals surface area contributed by atoms with Gasteiger partial charge in [0.1, 0.15) is 0 Å². The standard InChI is InChI=1S/C9H15N/c1-3-10-9(2)7-5-4-6-8-9/h4-7,10H,3,8H2,1-2H3. The van der Waals surface area contributed by atoms with Crippen LogP contribution in [0, 0.1) is 0 Å². The molecule has 0 radical (unpaired) electrons. The Hall–Kier alpha value is -0.560. The van der Waals surface area contributed by atoms with E-state index in [9.17, 15) is 0 Å². The van der Waals surface area contributed by atoms with Gasteiger partial charge in [0.05, 0.1) is 0 Å². The third-order valence-corrected chi connectivity index (χ3v) is 1.83. The molecule has 0 aromatic carbocycles. The highest BCUT2D eigenvalue weighted by Gasteiger charge is 2.17. The van der Waals surface area contributed by atoms with E-state index in [0.29, 0.717) is 0 Å². The van der Waals surface area contributed by atoms with Gasteiger partial charge in [-0.25, -0.2) is 0 Å². The molecule has 0 fully saturated rings. The third-order valence-electron chi connectivity index (χ3n) is 1.83. The molecule has 0 saturated carbocycles. The second-order valence-corrected chi connectivity index (χ2v) is 2.94. The zero-order valence-corrected chi connectivity index (χ0v) is 6.72. The maximum Gasteiger partial charge on any atom is 0.0373 e. The lowest BCUT2D eigenvalue weighted by atomic mass is 9.94. The number of hydrogen-bond donors (Lipinski definition) is 1. The highest BCUT2D eigenvalue weighted by Crippen LogP contribution is 2.15. The fourth-order valence-electron chi connectivity index (χ4n) is 1.26. The van der Waals surface area contributed by atoms with Crippen LogP contribution in [0.2, 0.25) is 0 Å². The van der Waals surface area contributed by atoms with Crippen molar-refractivity contribution in [2.45, 2.75) is 25.8 Å². The van der Waals surface area contributed by atoms with E-state index in [-0.39, 0.29) is 5.54 Å². The predicted octanol–water partition coefficient (Wildman–Crippen LogP) is 1.87. The first-order chi connectivity index (χ1) is 4.77. The second-order valence-electron chi connectivity index (χ2n) is 2.94. The SMILES string of the molecule is CCNC1(C)C=CC=CC1. The number of hydrogen-bond acceptors (Lipinski definition) is 1. The van der Waals surface area contributed by atoms with Crippen molar-refractivity contribution < 1.29 is 0 Å². The van der Waals surface area contributed by atoms with Gasteiger partial charge in [0, 0.05) is 5.54 Å². The molecule has 1 rings (SSSR count). The molecule has 0 heterocycles. The summed E-state index contributed by atoms with van der Waals surface area (Å²) in [4.78, 5) is 0. The molecule has 1 unspecified atom stereocenters. The summed E-state index contributed by atoms with van der Waals surface area (Å²) in [6.07, 6.45) is 9.72. The van der Waals surface area contributed by atoms with Crippen molar-refractivity contribution in [3.8, 4) is 0 Å². The minimum absolute atomic E-state index is 0.212. The van der Waals surface area contributed by atoms with Crippen LogP contribution in [0.4, 0.5) is 0 Å². The van der Waals surface area contributed by atoms with Gasteiger partial charge in [0.25, 0.3) is 0 Å². The maximum atomic E-state index is 3.42. The van der Waals surface area contributed by atoms with Crippen molar-refractivity contribution in [3.63, 3.8) is 0 Å². The van der Waals surface area contributed by atoms with Crippen molar-refractivity contribution in [3.05, 3.63) is 24.3 Å². The molecule has 1 aliphatic rings. The second kappa shape index (κ2) is 3.02. The van der Waals surface area contributed by atoms with Gasteiger partial charge in [-0.2, -0.15) is 0 Å². The van der Waals surface area contributed by atoms with E-state index < -0.39 is 0 Å². The molecule has 1 aliphatic carbocycles. The Balaban J connectivity index is 2.52. The molecule has 1 heteroatoms. The number of rotatable bonds is 2. The number of nitrogens with one attached hydrogen (secondary N) is 1. The Morgan fingerprint density at radius 3 is 2.80 bits per heavy atom. The van der Waals surface area contributed by atoms with E-state index in [1.165, 1.54) is 0 Å². The van der Waals surface area contributed by atoms with E-state index in [2.05, 4.69) is 43.5 Å². The lowest BCUT2D eigenvalue weighted by molar-refractivity contribution is 0.451. The molecule has 0 aromatic heterocycles. The third kappa shape index (κ3) is 1.71. The van der Waals surface area contributed by atoms with Gasteiger partial charge in [-0.05, 0) is 19.9 Å². The topological polar surface area (TPSA) is 12.0 Å². The van der Waals surface area contributed by atoms with Crippen LogP contribution in [-0.2, 0) is 0 Å². The molecule has 1 atom stereocenters. The van der Waals surface area contributed by atoms with Crippen LogP contribution < -0.4 is 5.32 Å². The van der Waals surface area contributed by atoms with E-state index in [1.807, 2.05) is 0 Å². The Morgan fingerprint density at radius 1 is 1.50 bits per heavy atom. The van der Waals surface area contributed by atoms with Crippen LogP contribution in [0.25, 0.3) is 0 Å². The molecule has 0 aliphatic heterocycles. The monoisotopic (exact) mass is 137 g/mol. The summed E-state index contributed by atoms with van der Waals surface area (Å²) >= 11 is 0. The van der Waals surface area contributed by atoms with Crippen molar-refractivity contribution in [1.29, 1.82) is 0 Å². The normalized spacial score (nSPS) is 31.0. The minimum atomic E-state index is 0.212. The fraction of sp³-hybridized carbons (Fsp3) is 0.556. The Kier molecular flexibility index (Phi) is 2.28. The van der Waals surface area contributed by atoms with Gasteiger partial charge in [0.15, 0.2) is 0 Å². The highest BCUT2D eigenvalue weighted by molar-refractivity contribution is 5.19. The van der Waals surface area contributed by atoms with Crippen molar-refractivity contribution in [2.75, 3.05) is 6.54 Å². The lowest BCUT2D eigenvalue weighted by Crippen LogP contribution is -2.40. The van der Waals surface area contributed by atoms with Gasteiger partial charge in [0.2, 0.25) is 0 Å². The van der Waals surface area contributed by atoms with E-state index >= 15 is 0 Å². The predicted molar refractivity (Wildman–Crippen MR) is 45.0 cm³/mol. The summed E-state index contributed by atoms with van der Waals surface area (Å²) in [7, 11) is 0. The lowest BCUT2D eigenvalue weighted by Gasteiger charge is -2.27. The summed E-state index contributed by atoms with van der Waals surface area (Å²) in [6.45, 7) is 5.39. The molecule has 10 heavy (non-hydrogen) atoms. The Labute approximate surface area is 62.8 Å². The fourth-order valence-corrected chi connectivity index (χ4v) is 1.26. The summed E-state index contributed by atoms with van der Waals surface area (Å²) in [6, 6.07) is 0. The van der Waals surface area contributed by atoms with Crippen LogP contribution in [0.15, 0.2) is 24.3 Å². The molecule has 1 N–H and O–H groups in total. The highest BCUT2D eigenvalue weighted by atomic mass is 14.9. The van der Waals surface area contributed by atoms with Gasteiger partial charge in [-0.15, -0.1) is 0 Å². The van der Waals surface area contributed by atoms with Crippen molar-refractivity contribution in [1.82, 2.24) is 5.32 Å². The summed E-state index contributed by atoms with van der Waals surface area (Å²) in [5.74, 6) is 0. The van der Waals surface area contributed by atoms with E-state index in [4.69, 9.17) is 0 Å². The zero-order valence-electron chi connectivity index (χ0n) is 6.72. The molecule has 0 amide bonds. The smallest absolute Gasteiger partial charge is 0.0373 e. The summed E-state index contributed by atoms with van der Waals surface area (Å²) < 4.78 is 0. The minimum Gasteiger partial charge on any atom is -0.308 e. The van der Waals surface area contributed by atoms with Gasteiger partial charge >= 0.3 is 0 Å². The molecule has 0 bridgehead atoms. The quantitative estimate of drug-likeness (QED) is 0.612. The first kappa shape index (κ1) is 7.55. The van der Waals surface area contributed by atoms with Crippen LogP contribution in [0.3, 0.4) is 0 Å². The van der Waals surface area contributed by atoms with Crippen LogP contribution >= 0.6 is 0 Å². The van der Waals surface area contributed by atoms with Crippen LogP contribution in [-0.4, -0.2) is 12.1 Å². The number of allylic oxidation sites excluding steroid dienone is 2. The first-order valence-corrected chi connectivity index (χ1v) is 3.86. The molecule has 0 spiro atoms. The van der Waals surface area contributed by atoms with Crippen molar-refractivity contribution in [2.24, 2.45) is 0 Å². The Bertz CT molecular complexity index is 158. The average Bonchev–Trinajstić information content (AvgIpc) is 1.89. The average molecular weight is 137 g/mol. The Morgan fingerprint density at radius 2 is 2.30 bits per heavy atom. The molecule has 0 saturated heterocycles. The molecule has 1 nitrogen and oxygen atoms in total. The summed E-state index contributed by atoms with van der Waals surface area (Å²) in [5, 5.41) is 3.42. The summed E-state index contributed by atoms with van der Waals surface area (Å²) in [5.41, 5.74) is 0.212. The molecular formula is C9H15N. The van der Waals surface area contributed by atoms with Crippen LogP contribution in [0.1, 0.15) is 20.3 Å². The first-order valence-electron chi connectivity index (χ1n) is 3.86. The maximum absolute atomic E-state index is 3.42. The molecular weight excluding hydrogens is 122 g/mol. The van der Waals surface area contributed by atoms with E-state index in [1.54, 1.807) is 0 Å². The molecule has 0 aromatic rings. The zero-order chi connectivity index (χ0) is 7.45. The molecule has 56 valence electrons. The number of likely N-dealkylation sites (N-methyl/N-ethyl adjacent to an activating group) is 1. The van der Waals surface area contributed by atoms with E-state index in [0.717, 1.165) is 13.0 Å². The van der Waals surface area contributed by atoms with Gasteiger partial charge in [-0.1, -0.05) is 31.2 Å². The largest absolute Gasteiger partial charge is 0.308 e. The van der Waals surface area contributed by atoms with Crippen LogP contribution in [0.5, 0.6) is 0 Å².